The molecule has 0 radical (unpaired) electrons. The highest BCUT2D eigenvalue weighted by atomic mass is 16.8. The summed E-state index contributed by atoms with van der Waals surface area (Å²) in [6.07, 6.45) is 4.57. The maximum Gasteiger partial charge on any atom is 0.220 e. The molecule has 17 atom stereocenters. The number of carbonyl (C=O) groups excluding carboxylic acids is 1. The number of hydrogen-bond donors (Lipinski definition) is 12. The number of aliphatic hydroxyl groups excluding tert-OH is 11. The SMILES string of the molecule is CCCCC/C=C\CCCCCCCC(=O)NC(COC1OC(CO)C(OC2OC(CO)C(OC3OC(CO)C(O)C(O)C3O)C(O)C2O)C(O)C1O)C(O)CCCCCCCCCCCCCCC. The van der Waals surface area contributed by atoms with Crippen LogP contribution in [0.3, 0.4) is 0 Å². The maximum absolute atomic E-state index is 13.2. The summed E-state index contributed by atoms with van der Waals surface area (Å²) in [5, 5.41) is 120. The minimum absolute atomic E-state index is 0.255. The number of amides is 1. The Morgan fingerprint density at radius 3 is 1.41 bits per heavy atom. The summed E-state index contributed by atoms with van der Waals surface area (Å²) in [6.45, 7) is 1.72. The fourth-order valence-corrected chi connectivity index (χ4v) is 9.31. The predicted molar refractivity (Wildman–Crippen MR) is 259 cm³/mol. The summed E-state index contributed by atoms with van der Waals surface area (Å²) >= 11 is 0. The van der Waals surface area contributed by atoms with Crippen molar-refractivity contribution >= 4 is 5.91 Å². The molecule has 3 rings (SSSR count). The van der Waals surface area contributed by atoms with Crippen LogP contribution in [0.15, 0.2) is 12.2 Å². The number of nitrogens with one attached hydrogen (secondary N) is 1. The van der Waals surface area contributed by atoms with E-state index in [4.69, 9.17) is 28.4 Å². The lowest BCUT2D eigenvalue weighted by Gasteiger charge is -2.48. The van der Waals surface area contributed by atoms with Crippen molar-refractivity contribution in [2.75, 3.05) is 26.4 Å². The minimum atomic E-state index is -1.97. The summed E-state index contributed by atoms with van der Waals surface area (Å²) in [4.78, 5) is 13.2. The molecular weight excluding hydrogens is 915 g/mol. The predicted octanol–water partition coefficient (Wildman–Crippen LogP) is 2.65. The van der Waals surface area contributed by atoms with E-state index >= 15 is 0 Å². The molecule has 12 N–H and O–H groups in total. The van der Waals surface area contributed by atoms with Gasteiger partial charge in [0.15, 0.2) is 18.9 Å². The van der Waals surface area contributed by atoms with E-state index in [1.165, 1.54) is 77.0 Å². The average molecular weight is 1010 g/mol. The van der Waals surface area contributed by atoms with Crippen LogP contribution in [0.4, 0.5) is 0 Å². The van der Waals surface area contributed by atoms with Crippen molar-refractivity contribution in [3.63, 3.8) is 0 Å². The highest BCUT2D eigenvalue weighted by Gasteiger charge is 2.53. The van der Waals surface area contributed by atoms with E-state index < -0.39 is 124 Å². The van der Waals surface area contributed by atoms with Gasteiger partial charge in [-0.3, -0.25) is 4.79 Å². The first kappa shape index (κ1) is 62.8. The highest BCUT2D eigenvalue weighted by molar-refractivity contribution is 5.76. The lowest BCUT2D eigenvalue weighted by Crippen LogP contribution is -2.66. The first-order valence-electron chi connectivity index (χ1n) is 26.9. The number of aliphatic hydroxyl groups is 11. The van der Waals surface area contributed by atoms with Gasteiger partial charge in [-0.05, 0) is 38.5 Å². The van der Waals surface area contributed by atoms with Crippen LogP contribution in [-0.2, 0) is 33.2 Å². The lowest BCUT2D eigenvalue weighted by molar-refractivity contribution is -0.379. The Labute approximate surface area is 416 Å². The van der Waals surface area contributed by atoms with E-state index in [-0.39, 0.29) is 18.9 Å². The van der Waals surface area contributed by atoms with Crippen molar-refractivity contribution in [3.8, 4) is 0 Å². The molecule has 3 aliphatic heterocycles. The van der Waals surface area contributed by atoms with Gasteiger partial charge < -0.3 is 89.9 Å². The normalized spacial score (nSPS) is 32.6. The minimum Gasteiger partial charge on any atom is -0.394 e. The molecule has 3 saturated heterocycles. The standard InChI is InChI=1S/C51H95NO18/c1-3-5-7-9-11-13-15-17-18-20-22-24-26-28-35(56)34(52-39(57)29-27-25-23-21-19-16-14-12-10-8-6-4-2)33-65-49-45(63)42(60)47(37(31-54)67-49)70-51-46(64)43(61)48(38(32-55)68-51)69-50-44(62)41(59)40(58)36(30-53)66-50/h12,14,34-38,40-51,53-56,58-64H,3-11,13,15-33H2,1-2H3,(H,52,57)/b14-12-. The summed E-state index contributed by atoms with van der Waals surface area (Å²) in [5.74, 6) is -0.255. The van der Waals surface area contributed by atoms with Crippen LogP contribution in [0.1, 0.15) is 174 Å². The third kappa shape index (κ3) is 21.8. The van der Waals surface area contributed by atoms with E-state index in [0.717, 1.165) is 64.2 Å². The zero-order valence-corrected chi connectivity index (χ0v) is 42.3. The molecule has 3 fully saturated rings. The quantitative estimate of drug-likeness (QED) is 0.0313. The molecule has 0 aromatic heterocycles. The Kier molecular flexibility index (Phi) is 32.7. The highest BCUT2D eigenvalue weighted by Crippen LogP contribution is 2.33. The van der Waals surface area contributed by atoms with E-state index in [2.05, 4.69) is 31.3 Å². The molecule has 412 valence electrons. The van der Waals surface area contributed by atoms with Crippen molar-refractivity contribution < 1.29 is 89.4 Å². The smallest absolute Gasteiger partial charge is 0.220 e. The molecule has 0 saturated carbocycles. The molecule has 3 heterocycles. The van der Waals surface area contributed by atoms with Crippen molar-refractivity contribution in [1.29, 1.82) is 0 Å². The summed E-state index contributed by atoms with van der Waals surface area (Å²) in [7, 11) is 0. The number of ether oxygens (including phenoxy) is 6. The zero-order chi connectivity index (χ0) is 51.3. The Morgan fingerprint density at radius 2 is 0.900 bits per heavy atom. The van der Waals surface area contributed by atoms with Crippen LogP contribution in [0.25, 0.3) is 0 Å². The van der Waals surface area contributed by atoms with E-state index in [0.29, 0.717) is 12.8 Å². The topological polar surface area (TPSA) is 307 Å². The van der Waals surface area contributed by atoms with Gasteiger partial charge in [0.25, 0.3) is 0 Å². The molecule has 0 spiro atoms. The Hall–Kier alpha value is -1.47. The number of carbonyl (C=O) groups is 1. The number of unbranched alkanes of at least 4 members (excludes halogenated alkanes) is 20. The van der Waals surface area contributed by atoms with Crippen LogP contribution in [0.2, 0.25) is 0 Å². The molecule has 1 amide bonds. The maximum atomic E-state index is 13.2. The van der Waals surface area contributed by atoms with E-state index in [9.17, 15) is 61.0 Å². The second-order valence-electron chi connectivity index (χ2n) is 19.7. The van der Waals surface area contributed by atoms with Gasteiger partial charge in [0.2, 0.25) is 5.91 Å². The lowest BCUT2D eigenvalue weighted by atomic mass is 9.96. The Balaban J connectivity index is 1.55. The molecule has 19 nitrogen and oxygen atoms in total. The fraction of sp³-hybridized carbons (Fsp3) is 0.941. The van der Waals surface area contributed by atoms with Gasteiger partial charge in [0.1, 0.15) is 73.2 Å². The van der Waals surface area contributed by atoms with Crippen molar-refractivity contribution in [1.82, 2.24) is 5.32 Å². The first-order valence-corrected chi connectivity index (χ1v) is 26.9. The molecule has 17 unspecified atom stereocenters. The zero-order valence-electron chi connectivity index (χ0n) is 42.3. The van der Waals surface area contributed by atoms with Crippen molar-refractivity contribution in [2.24, 2.45) is 0 Å². The number of allylic oxidation sites excluding steroid dienone is 2. The largest absolute Gasteiger partial charge is 0.394 e. The molecule has 0 aliphatic carbocycles. The van der Waals surface area contributed by atoms with Crippen LogP contribution in [-0.4, -0.2) is 193 Å². The molecule has 19 heteroatoms. The Morgan fingerprint density at radius 1 is 0.500 bits per heavy atom. The van der Waals surface area contributed by atoms with Gasteiger partial charge in [-0.1, -0.05) is 142 Å². The molecule has 3 aliphatic rings. The van der Waals surface area contributed by atoms with Crippen LogP contribution < -0.4 is 5.32 Å². The molecule has 0 aromatic carbocycles. The van der Waals surface area contributed by atoms with Crippen molar-refractivity contribution in [3.05, 3.63) is 12.2 Å². The molecule has 0 bridgehead atoms. The van der Waals surface area contributed by atoms with E-state index in [1.54, 1.807) is 0 Å². The van der Waals surface area contributed by atoms with Crippen molar-refractivity contribution in [2.45, 2.75) is 279 Å². The summed E-state index contributed by atoms with van der Waals surface area (Å²) in [6, 6.07) is -0.885. The number of rotatable bonds is 38. The van der Waals surface area contributed by atoms with Crippen LogP contribution in [0, 0.1) is 0 Å². The molecule has 0 aromatic rings. The second kappa shape index (κ2) is 36.5. The van der Waals surface area contributed by atoms with Gasteiger partial charge in [-0.2, -0.15) is 0 Å². The molecule has 70 heavy (non-hydrogen) atoms. The number of hydrogen-bond acceptors (Lipinski definition) is 18. The monoisotopic (exact) mass is 1010 g/mol. The first-order chi connectivity index (χ1) is 33.8. The van der Waals surface area contributed by atoms with E-state index in [1.807, 2.05) is 0 Å². The van der Waals surface area contributed by atoms with Crippen LogP contribution >= 0.6 is 0 Å². The third-order valence-corrected chi connectivity index (χ3v) is 13.8. The van der Waals surface area contributed by atoms with Gasteiger partial charge in [-0.25, -0.2) is 0 Å². The Bertz CT molecular complexity index is 1350. The average Bonchev–Trinajstić information content (AvgIpc) is 3.35. The van der Waals surface area contributed by atoms with Crippen LogP contribution in [0.5, 0.6) is 0 Å². The van der Waals surface area contributed by atoms with Gasteiger partial charge in [-0.15, -0.1) is 0 Å². The summed E-state index contributed by atoms with van der Waals surface area (Å²) < 4.78 is 34.2. The summed E-state index contributed by atoms with van der Waals surface area (Å²) in [5.41, 5.74) is 0. The van der Waals surface area contributed by atoms with Gasteiger partial charge in [0, 0.05) is 6.42 Å². The fourth-order valence-electron chi connectivity index (χ4n) is 9.31. The van der Waals surface area contributed by atoms with Gasteiger partial charge in [0.05, 0.1) is 38.6 Å². The molecular formula is C51H95NO18. The van der Waals surface area contributed by atoms with Gasteiger partial charge >= 0.3 is 0 Å². The third-order valence-electron chi connectivity index (χ3n) is 13.8. The second-order valence-corrected chi connectivity index (χ2v) is 19.7.